The molecule has 8 heteroatoms. The molecule has 1 saturated heterocycles. The van der Waals surface area contributed by atoms with Crippen LogP contribution in [0.4, 0.5) is 10.9 Å². The second-order valence-corrected chi connectivity index (χ2v) is 7.64. The van der Waals surface area contributed by atoms with Gasteiger partial charge < -0.3 is 10.2 Å². The monoisotopic (exact) mass is 371 g/mol. The number of piperidine rings is 1. The minimum absolute atomic E-state index is 0.0157. The molecule has 0 radical (unpaired) electrons. The van der Waals surface area contributed by atoms with Crippen molar-refractivity contribution >= 4 is 39.5 Å². The largest absolute Gasteiger partial charge is 0.355 e. The van der Waals surface area contributed by atoms with E-state index < -0.39 is 0 Å². The van der Waals surface area contributed by atoms with Crippen LogP contribution >= 0.6 is 22.7 Å². The first-order valence-electron chi connectivity index (χ1n) is 8.11. The van der Waals surface area contributed by atoms with Gasteiger partial charge >= 0.3 is 0 Å². The number of carbonyl (C=O) groups excluding carboxylic acids is 1. The molecule has 4 rings (SSSR count). The first-order valence-corrected chi connectivity index (χ1v) is 9.87. The maximum Gasteiger partial charge on any atom is 0.229 e. The quantitative estimate of drug-likeness (QED) is 0.760. The Morgan fingerprint density at radius 2 is 2.12 bits per heavy atom. The molecule has 3 aromatic rings. The van der Waals surface area contributed by atoms with Gasteiger partial charge in [0.05, 0.1) is 16.8 Å². The number of anilines is 2. The molecule has 128 valence electrons. The summed E-state index contributed by atoms with van der Waals surface area (Å²) in [6.45, 7) is 1.63. The van der Waals surface area contributed by atoms with E-state index in [1.165, 1.54) is 11.3 Å². The van der Waals surface area contributed by atoms with Crippen molar-refractivity contribution in [2.24, 2.45) is 5.92 Å². The highest BCUT2D eigenvalue weighted by Crippen LogP contribution is 2.29. The Balaban J connectivity index is 1.34. The lowest BCUT2D eigenvalue weighted by Gasteiger charge is -2.31. The molecule has 4 heterocycles. The van der Waals surface area contributed by atoms with E-state index in [4.69, 9.17) is 0 Å². The summed E-state index contributed by atoms with van der Waals surface area (Å²) in [5, 5.41) is 7.66. The van der Waals surface area contributed by atoms with E-state index in [-0.39, 0.29) is 11.8 Å². The van der Waals surface area contributed by atoms with Gasteiger partial charge in [-0.15, -0.1) is 22.7 Å². The van der Waals surface area contributed by atoms with E-state index >= 15 is 0 Å². The topological polar surface area (TPSA) is 71.0 Å². The van der Waals surface area contributed by atoms with Crippen molar-refractivity contribution in [2.75, 3.05) is 23.3 Å². The molecule has 0 saturated carbocycles. The van der Waals surface area contributed by atoms with Crippen LogP contribution in [0.5, 0.6) is 0 Å². The number of hydrogen-bond donors (Lipinski definition) is 1. The third kappa shape index (κ3) is 3.69. The van der Waals surface area contributed by atoms with Crippen LogP contribution in [-0.4, -0.2) is 33.9 Å². The first kappa shape index (κ1) is 16.2. The van der Waals surface area contributed by atoms with Gasteiger partial charge in [0, 0.05) is 36.8 Å². The third-order valence-corrected chi connectivity index (χ3v) is 5.90. The van der Waals surface area contributed by atoms with E-state index in [1.807, 2.05) is 22.9 Å². The van der Waals surface area contributed by atoms with Crippen LogP contribution in [0.1, 0.15) is 12.8 Å². The molecule has 3 aromatic heterocycles. The van der Waals surface area contributed by atoms with Crippen molar-refractivity contribution < 1.29 is 4.79 Å². The van der Waals surface area contributed by atoms with Crippen molar-refractivity contribution in [2.45, 2.75) is 12.8 Å². The number of nitrogens with one attached hydrogen (secondary N) is 1. The summed E-state index contributed by atoms with van der Waals surface area (Å²) in [5.74, 6) is 0.953. The minimum Gasteiger partial charge on any atom is -0.355 e. The van der Waals surface area contributed by atoms with Crippen LogP contribution in [0.3, 0.4) is 0 Å². The van der Waals surface area contributed by atoms with Gasteiger partial charge in [0.1, 0.15) is 5.82 Å². The van der Waals surface area contributed by atoms with Gasteiger partial charge in [-0.3, -0.25) is 9.78 Å². The molecule has 25 heavy (non-hydrogen) atoms. The Bertz CT molecular complexity index is 826. The number of thiazole rings is 1. The van der Waals surface area contributed by atoms with Gasteiger partial charge in [0.25, 0.3) is 0 Å². The highest BCUT2D eigenvalue weighted by atomic mass is 32.1. The molecule has 0 bridgehead atoms. The third-order valence-electron chi connectivity index (χ3n) is 4.25. The highest BCUT2D eigenvalue weighted by Gasteiger charge is 2.26. The molecule has 1 aliphatic heterocycles. The van der Waals surface area contributed by atoms with Crippen LogP contribution in [-0.2, 0) is 4.79 Å². The van der Waals surface area contributed by atoms with Crippen LogP contribution < -0.4 is 10.2 Å². The molecular weight excluding hydrogens is 354 g/mol. The fraction of sp³-hybridized carbons (Fsp3) is 0.294. The Morgan fingerprint density at radius 1 is 1.24 bits per heavy atom. The number of carbonyl (C=O) groups is 1. The Hall–Kier alpha value is -2.32. The fourth-order valence-corrected chi connectivity index (χ4v) is 4.38. The molecule has 1 fully saturated rings. The molecule has 1 amide bonds. The lowest BCUT2D eigenvalue weighted by Crippen LogP contribution is -2.38. The zero-order chi connectivity index (χ0) is 17.1. The van der Waals surface area contributed by atoms with E-state index in [1.54, 1.807) is 29.9 Å². The molecule has 0 unspecified atom stereocenters. The summed E-state index contributed by atoms with van der Waals surface area (Å²) >= 11 is 3.12. The Labute approximate surface area is 153 Å². The van der Waals surface area contributed by atoms with Crippen LogP contribution in [0.25, 0.3) is 10.6 Å². The number of thiophene rings is 1. The van der Waals surface area contributed by atoms with E-state index in [0.29, 0.717) is 5.13 Å². The summed E-state index contributed by atoms with van der Waals surface area (Å²) in [6, 6.07) is 4.04. The standard InChI is InChI=1S/C17H17N5OS2/c23-16(21-17-20-13(11-25-17)14-2-1-9-24-14)12-3-7-22(8-4-12)15-10-18-5-6-19-15/h1-2,5-6,9-12H,3-4,7-8H2,(H,20,21,23). The van der Waals surface area contributed by atoms with Crippen LogP contribution in [0.2, 0.25) is 0 Å². The van der Waals surface area contributed by atoms with Crippen molar-refractivity contribution in [3.63, 3.8) is 0 Å². The lowest BCUT2D eigenvalue weighted by molar-refractivity contribution is -0.120. The van der Waals surface area contributed by atoms with Crippen molar-refractivity contribution in [1.82, 2.24) is 15.0 Å². The van der Waals surface area contributed by atoms with Crippen molar-refractivity contribution in [3.8, 4) is 10.6 Å². The summed E-state index contributed by atoms with van der Waals surface area (Å²) < 4.78 is 0. The van der Waals surface area contributed by atoms with E-state index in [0.717, 1.165) is 42.3 Å². The number of hydrogen-bond acceptors (Lipinski definition) is 7. The summed E-state index contributed by atoms with van der Waals surface area (Å²) in [5.41, 5.74) is 0.924. The molecule has 1 aliphatic rings. The lowest BCUT2D eigenvalue weighted by atomic mass is 9.96. The van der Waals surface area contributed by atoms with Gasteiger partial charge in [0.2, 0.25) is 5.91 Å². The van der Waals surface area contributed by atoms with Gasteiger partial charge in [-0.25, -0.2) is 9.97 Å². The predicted molar refractivity (Wildman–Crippen MR) is 101 cm³/mol. The summed E-state index contributed by atoms with van der Waals surface area (Å²) in [4.78, 5) is 28.8. The molecule has 6 nitrogen and oxygen atoms in total. The van der Waals surface area contributed by atoms with E-state index in [9.17, 15) is 4.79 Å². The average molecular weight is 371 g/mol. The first-order chi connectivity index (χ1) is 12.3. The molecule has 1 N–H and O–H groups in total. The van der Waals surface area contributed by atoms with Crippen molar-refractivity contribution in [1.29, 1.82) is 0 Å². The van der Waals surface area contributed by atoms with Crippen LogP contribution in [0, 0.1) is 5.92 Å². The number of amides is 1. The molecule has 0 aromatic carbocycles. The van der Waals surface area contributed by atoms with Gasteiger partial charge in [0.15, 0.2) is 5.13 Å². The molecule has 0 atom stereocenters. The molecule has 0 aliphatic carbocycles. The zero-order valence-electron chi connectivity index (χ0n) is 13.5. The molecule has 0 spiro atoms. The summed E-state index contributed by atoms with van der Waals surface area (Å²) in [6.07, 6.45) is 6.75. The second-order valence-electron chi connectivity index (χ2n) is 5.83. The van der Waals surface area contributed by atoms with Gasteiger partial charge in [-0.1, -0.05) is 6.07 Å². The number of aromatic nitrogens is 3. The SMILES string of the molecule is O=C(Nc1nc(-c2cccs2)cs1)C1CCN(c2cnccn2)CC1. The maximum atomic E-state index is 12.5. The summed E-state index contributed by atoms with van der Waals surface area (Å²) in [7, 11) is 0. The fourth-order valence-electron chi connectivity index (χ4n) is 2.90. The average Bonchev–Trinajstić information content (AvgIpc) is 3.34. The van der Waals surface area contributed by atoms with E-state index in [2.05, 4.69) is 25.2 Å². The highest BCUT2D eigenvalue weighted by molar-refractivity contribution is 7.16. The second kappa shape index (κ2) is 7.28. The van der Waals surface area contributed by atoms with Crippen LogP contribution in [0.15, 0.2) is 41.5 Å². The maximum absolute atomic E-state index is 12.5. The number of rotatable bonds is 4. The Kier molecular flexibility index (Phi) is 4.71. The Morgan fingerprint density at radius 3 is 2.84 bits per heavy atom. The normalized spacial score (nSPS) is 15.3. The van der Waals surface area contributed by atoms with Gasteiger partial charge in [-0.2, -0.15) is 0 Å². The molecular formula is C17H17N5OS2. The van der Waals surface area contributed by atoms with Gasteiger partial charge in [-0.05, 0) is 24.3 Å². The smallest absolute Gasteiger partial charge is 0.229 e. The zero-order valence-corrected chi connectivity index (χ0v) is 15.1. The minimum atomic E-state index is 0.0157. The number of nitrogens with zero attached hydrogens (tertiary/aromatic N) is 4. The predicted octanol–water partition coefficient (Wildman–Crippen LogP) is 3.52. The van der Waals surface area contributed by atoms with Crippen molar-refractivity contribution in [3.05, 3.63) is 41.5 Å².